The van der Waals surface area contributed by atoms with Crippen LogP contribution in [0.2, 0.25) is 0 Å². The van der Waals surface area contributed by atoms with E-state index in [1.54, 1.807) is 0 Å². The molecule has 1 amide bonds. The molecular weight excluding hydrogens is 226 g/mol. The molecule has 0 aliphatic carbocycles. The van der Waals surface area contributed by atoms with Crippen LogP contribution in [0.4, 0.5) is 0 Å². The van der Waals surface area contributed by atoms with Crippen molar-refractivity contribution in [2.45, 2.75) is 38.8 Å². The first kappa shape index (κ1) is 13.1. The molecule has 0 unspecified atom stereocenters. The molecular formula is C14H21N3O. The fourth-order valence-corrected chi connectivity index (χ4v) is 2.43. The highest BCUT2D eigenvalue weighted by Gasteiger charge is 2.16. The molecule has 0 atom stereocenters. The van der Waals surface area contributed by atoms with Crippen LogP contribution in [0.3, 0.4) is 0 Å². The number of hydrogen-bond donors (Lipinski definition) is 2. The van der Waals surface area contributed by atoms with Crippen LogP contribution in [0.5, 0.6) is 0 Å². The summed E-state index contributed by atoms with van der Waals surface area (Å²) in [5, 5.41) is 0. The normalized spacial score (nSPS) is 14.5. The molecule has 4 heteroatoms. The number of nitrogens with two attached hydrogens (primary N) is 1. The predicted octanol–water partition coefficient (Wildman–Crippen LogP) is 1.55. The molecule has 3 N–H and O–H groups in total. The number of carbonyl (C=O) groups excluding carboxylic acids is 1. The molecule has 0 fully saturated rings. The Morgan fingerprint density at radius 2 is 1.83 bits per heavy atom. The minimum Gasteiger partial charge on any atom is -0.295 e. The first-order valence-electron chi connectivity index (χ1n) is 6.58. The first-order valence-corrected chi connectivity index (χ1v) is 6.58. The van der Waals surface area contributed by atoms with Crippen LogP contribution in [0.1, 0.15) is 36.8 Å². The topological polar surface area (TPSA) is 58.4 Å². The molecule has 1 heterocycles. The van der Waals surface area contributed by atoms with E-state index in [9.17, 15) is 4.79 Å². The molecule has 0 saturated carbocycles. The summed E-state index contributed by atoms with van der Waals surface area (Å²) >= 11 is 0. The lowest BCUT2D eigenvalue weighted by Crippen LogP contribution is -2.29. The van der Waals surface area contributed by atoms with Crippen molar-refractivity contribution in [1.82, 2.24) is 10.3 Å². The van der Waals surface area contributed by atoms with Crippen LogP contribution < -0.4 is 11.3 Å². The molecule has 18 heavy (non-hydrogen) atoms. The molecule has 98 valence electrons. The summed E-state index contributed by atoms with van der Waals surface area (Å²) in [5.41, 5.74) is 5.08. The van der Waals surface area contributed by atoms with E-state index < -0.39 is 0 Å². The Labute approximate surface area is 108 Å². The number of benzene rings is 1. The highest BCUT2D eigenvalue weighted by Crippen LogP contribution is 2.22. The Morgan fingerprint density at radius 1 is 1.17 bits per heavy atom. The van der Waals surface area contributed by atoms with E-state index in [0.717, 1.165) is 38.9 Å². The predicted molar refractivity (Wildman–Crippen MR) is 71.4 cm³/mol. The van der Waals surface area contributed by atoms with E-state index in [1.165, 1.54) is 11.1 Å². The van der Waals surface area contributed by atoms with Crippen molar-refractivity contribution in [1.29, 1.82) is 0 Å². The van der Waals surface area contributed by atoms with Crippen molar-refractivity contribution in [3.05, 3.63) is 35.4 Å². The van der Waals surface area contributed by atoms with Gasteiger partial charge < -0.3 is 0 Å². The molecule has 1 aromatic carbocycles. The van der Waals surface area contributed by atoms with Crippen LogP contribution in [0, 0.1) is 0 Å². The zero-order valence-corrected chi connectivity index (χ0v) is 10.7. The van der Waals surface area contributed by atoms with Crippen LogP contribution in [-0.4, -0.2) is 17.4 Å². The maximum absolute atomic E-state index is 10.9. The van der Waals surface area contributed by atoms with Gasteiger partial charge in [-0.2, -0.15) is 0 Å². The average Bonchev–Trinajstić information content (AvgIpc) is 2.80. The Bertz CT molecular complexity index is 381. The standard InChI is InChI=1S/C14H21N3O/c15-16-14(18)8-2-1-5-9-17-10-12-6-3-4-7-13(12)11-17/h3-4,6-7H,1-2,5,8-11,15H2,(H,16,18). The van der Waals surface area contributed by atoms with Gasteiger partial charge in [0.25, 0.3) is 0 Å². The summed E-state index contributed by atoms with van der Waals surface area (Å²) in [6.07, 6.45) is 3.69. The molecule has 2 rings (SSSR count). The number of nitrogens with one attached hydrogen (secondary N) is 1. The highest BCUT2D eigenvalue weighted by atomic mass is 16.2. The summed E-state index contributed by atoms with van der Waals surface area (Å²) in [6.45, 7) is 3.25. The number of hydrogen-bond acceptors (Lipinski definition) is 3. The van der Waals surface area contributed by atoms with Gasteiger partial charge in [0, 0.05) is 19.5 Å². The molecule has 0 radical (unpaired) electrons. The van der Waals surface area contributed by atoms with Gasteiger partial charge in [-0.05, 0) is 30.5 Å². The second-order valence-corrected chi connectivity index (χ2v) is 4.86. The minimum atomic E-state index is -0.0661. The van der Waals surface area contributed by atoms with Crippen molar-refractivity contribution in [2.24, 2.45) is 5.84 Å². The summed E-state index contributed by atoms with van der Waals surface area (Å²) in [7, 11) is 0. The van der Waals surface area contributed by atoms with Gasteiger partial charge >= 0.3 is 0 Å². The van der Waals surface area contributed by atoms with Gasteiger partial charge in [0.1, 0.15) is 0 Å². The number of rotatable bonds is 6. The second-order valence-electron chi connectivity index (χ2n) is 4.86. The molecule has 0 spiro atoms. The van der Waals surface area contributed by atoms with Gasteiger partial charge in [0.15, 0.2) is 0 Å². The Balaban J connectivity index is 1.61. The lowest BCUT2D eigenvalue weighted by atomic mass is 10.1. The minimum absolute atomic E-state index is 0.0661. The third-order valence-electron chi connectivity index (χ3n) is 3.45. The summed E-state index contributed by atoms with van der Waals surface area (Å²) in [4.78, 5) is 13.4. The van der Waals surface area contributed by atoms with E-state index in [-0.39, 0.29) is 5.91 Å². The quantitative estimate of drug-likeness (QED) is 0.347. The van der Waals surface area contributed by atoms with Crippen molar-refractivity contribution in [2.75, 3.05) is 6.54 Å². The number of hydrazine groups is 1. The zero-order chi connectivity index (χ0) is 12.8. The zero-order valence-electron chi connectivity index (χ0n) is 10.7. The van der Waals surface area contributed by atoms with E-state index >= 15 is 0 Å². The van der Waals surface area contributed by atoms with E-state index in [1.807, 2.05) is 0 Å². The van der Waals surface area contributed by atoms with Gasteiger partial charge in [-0.1, -0.05) is 30.7 Å². The maximum atomic E-state index is 10.9. The number of carbonyl (C=O) groups is 1. The van der Waals surface area contributed by atoms with Crippen molar-refractivity contribution >= 4 is 5.91 Å². The van der Waals surface area contributed by atoms with Crippen LogP contribution in [-0.2, 0) is 17.9 Å². The summed E-state index contributed by atoms with van der Waals surface area (Å²) < 4.78 is 0. The van der Waals surface area contributed by atoms with E-state index in [0.29, 0.717) is 6.42 Å². The molecule has 0 aromatic heterocycles. The Kier molecular flexibility index (Phi) is 4.73. The number of unbranched alkanes of at least 4 members (excludes halogenated alkanes) is 2. The molecule has 1 aromatic rings. The van der Waals surface area contributed by atoms with Gasteiger partial charge in [-0.3, -0.25) is 15.1 Å². The van der Waals surface area contributed by atoms with Crippen LogP contribution in [0.25, 0.3) is 0 Å². The van der Waals surface area contributed by atoms with Gasteiger partial charge in [0.05, 0.1) is 0 Å². The molecule has 1 aliphatic rings. The average molecular weight is 247 g/mol. The summed E-state index contributed by atoms with van der Waals surface area (Å²) in [5.74, 6) is 4.96. The smallest absolute Gasteiger partial charge is 0.233 e. The van der Waals surface area contributed by atoms with Gasteiger partial charge in [-0.15, -0.1) is 0 Å². The monoisotopic (exact) mass is 247 g/mol. The third-order valence-corrected chi connectivity index (χ3v) is 3.45. The molecule has 0 bridgehead atoms. The Hall–Kier alpha value is -1.39. The van der Waals surface area contributed by atoms with E-state index in [4.69, 9.17) is 5.84 Å². The molecule has 0 saturated heterocycles. The third kappa shape index (κ3) is 3.55. The Morgan fingerprint density at radius 3 is 2.44 bits per heavy atom. The molecule has 4 nitrogen and oxygen atoms in total. The van der Waals surface area contributed by atoms with Gasteiger partial charge in [0.2, 0.25) is 5.91 Å². The first-order chi connectivity index (χ1) is 8.79. The second kappa shape index (κ2) is 6.52. The molecule has 1 aliphatic heterocycles. The SMILES string of the molecule is NNC(=O)CCCCCN1Cc2ccccc2C1. The maximum Gasteiger partial charge on any atom is 0.233 e. The van der Waals surface area contributed by atoms with Crippen molar-refractivity contribution < 1.29 is 4.79 Å². The van der Waals surface area contributed by atoms with Crippen LogP contribution >= 0.6 is 0 Å². The van der Waals surface area contributed by atoms with Gasteiger partial charge in [-0.25, -0.2) is 5.84 Å². The van der Waals surface area contributed by atoms with E-state index in [2.05, 4.69) is 34.6 Å². The largest absolute Gasteiger partial charge is 0.295 e. The highest BCUT2D eigenvalue weighted by molar-refractivity contribution is 5.75. The summed E-state index contributed by atoms with van der Waals surface area (Å²) in [6, 6.07) is 8.63. The lowest BCUT2D eigenvalue weighted by molar-refractivity contribution is -0.121. The lowest BCUT2D eigenvalue weighted by Gasteiger charge is -2.14. The van der Waals surface area contributed by atoms with Crippen molar-refractivity contribution in [3.63, 3.8) is 0 Å². The number of amides is 1. The number of fused-ring (bicyclic) bond motifs is 1. The van der Waals surface area contributed by atoms with Crippen molar-refractivity contribution in [3.8, 4) is 0 Å². The van der Waals surface area contributed by atoms with Crippen LogP contribution in [0.15, 0.2) is 24.3 Å². The number of nitrogens with zero attached hydrogens (tertiary/aromatic N) is 1. The fourth-order valence-electron chi connectivity index (χ4n) is 2.43. The fraction of sp³-hybridized carbons (Fsp3) is 0.500.